The van der Waals surface area contributed by atoms with E-state index in [1.807, 2.05) is 80.6 Å². The first-order valence-electron chi connectivity index (χ1n) is 45.1. The normalized spacial score (nSPS) is 16.8. The first-order chi connectivity index (χ1) is 61.6. The number of cyclic esters (lactones) is 2. The summed E-state index contributed by atoms with van der Waals surface area (Å²) in [5.41, 5.74) is 23.7. The van der Waals surface area contributed by atoms with Crippen molar-refractivity contribution in [3.63, 3.8) is 0 Å². The molecule has 16 heteroatoms. The van der Waals surface area contributed by atoms with Crippen LogP contribution >= 0.6 is 0 Å². The molecule has 8 heterocycles. The number of aryl methyl sites for hydroxylation is 3. The highest BCUT2D eigenvalue weighted by molar-refractivity contribution is 6.07. The molecule has 0 bridgehead atoms. The van der Waals surface area contributed by atoms with Crippen molar-refractivity contribution >= 4 is 73.7 Å². The number of benzene rings is 11. The molecule has 11 aromatic carbocycles. The number of esters is 3. The van der Waals surface area contributed by atoms with Gasteiger partial charge in [0.15, 0.2) is 11.2 Å². The average Bonchev–Trinajstić information content (AvgIpc) is 1.50. The molecule has 16 nitrogen and oxygen atoms in total. The van der Waals surface area contributed by atoms with Crippen LogP contribution in [0.15, 0.2) is 267 Å². The van der Waals surface area contributed by atoms with E-state index in [-0.39, 0.29) is 11.9 Å². The van der Waals surface area contributed by atoms with Crippen LogP contribution in [0.25, 0.3) is 27.4 Å². The second-order valence-corrected chi connectivity index (χ2v) is 32.9. The van der Waals surface area contributed by atoms with E-state index in [0.717, 1.165) is 157 Å². The molecular weight excluding hydrogens is 1560 g/mol. The number of hydrogen-bond donors (Lipinski definition) is 0. The molecule has 6 aliphatic rings. The maximum absolute atomic E-state index is 13.8. The summed E-state index contributed by atoms with van der Waals surface area (Å²) >= 11 is 0. The zero-order valence-corrected chi connectivity index (χ0v) is 74.2. The van der Waals surface area contributed by atoms with Gasteiger partial charge in [-0.2, -0.15) is 0 Å². The van der Waals surface area contributed by atoms with Crippen LogP contribution in [-0.2, 0) is 56.9 Å². The fourth-order valence-electron chi connectivity index (χ4n) is 20.9. The van der Waals surface area contributed by atoms with Gasteiger partial charge >= 0.3 is 17.9 Å². The van der Waals surface area contributed by atoms with Crippen LogP contribution in [-0.4, -0.2) is 91.1 Å². The number of aromatic nitrogens is 3. The van der Waals surface area contributed by atoms with Crippen molar-refractivity contribution in [2.75, 3.05) is 78.6 Å². The quantitative estimate of drug-likeness (QED) is 0.0443. The average molecular weight is 1670 g/mol. The first-order valence-corrected chi connectivity index (χ1v) is 45.1. The Balaban J connectivity index is 0.000000129. The zero-order chi connectivity index (χ0) is 87.3. The molecule has 14 aromatic rings. The standard InChI is InChI=1S/C42H43N3O2.C37H27NO3.C31H39N3O4/c1-7-43(8-2)31-25-23-30(24-26-31)42(36-20-14-11-17-32(36)41(46)47-42)27-35(39-28(5)44(9-3)37-21-15-12-18-33(37)39)40-29(6)45(10-4)38-22-16-13-19-34(38)40;39-36-29-10-4-5-11-30(29)37(41-36)31-17-14-25(28-16-13-23-7-1-3-9-27(23)28)21-34(31)40-35-22-26(15-18-32(35)37)38-20-19-24-8-2-6-12-33(24)38;1-7-33(8-2)22-15-17-25(27(20-22)36-11-5)31(29-24(30(35)38-31)14-13-19-32-29)26-18-16-23(34(9-3)10-4)21-28(26)37-12-6/h11-27H,7-10H2,1-6H3;1-12,14-15,17-18,21-22,28H,13,16,19-20H2;13-21H,7-12H2,1-6H3. The molecule has 0 N–H and O–H groups in total. The van der Waals surface area contributed by atoms with E-state index < -0.39 is 22.8 Å². The van der Waals surface area contributed by atoms with Crippen molar-refractivity contribution in [1.29, 1.82) is 0 Å². The van der Waals surface area contributed by atoms with E-state index in [0.29, 0.717) is 53.0 Å². The van der Waals surface area contributed by atoms with Crippen LogP contribution in [0.5, 0.6) is 23.0 Å². The molecule has 5 aliphatic heterocycles. The Morgan fingerprint density at radius 2 is 0.944 bits per heavy atom. The maximum Gasteiger partial charge on any atom is 0.341 e. The van der Waals surface area contributed by atoms with Gasteiger partial charge in [0.25, 0.3) is 0 Å². The lowest BCUT2D eigenvalue weighted by Gasteiger charge is -2.37. The van der Waals surface area contributed by atoms with Crippen molar-refractivity contribution in [3.8, 4) is 23.0 Å². The first kappa shape index (κ1) is 83.3. The number of pyridine rings is 1. The highest BCUT2D eigenvalue weighted by Crippen LogP contribution is 2.59. The molecule has 3 unspecified atom stereocenters. The molecule has 20 rings (SSSR count). The summed E-state index contributed by atoms with van der Waals surface area (Å²) in [6.45, 7) is 34.5. The number of anilines is 5. The van der Waals surface area contributed by atoms with Crippen molar-refractivity contribution in [2.24, 2.45) is 0 Å². The third-order valence-electron chi connectivity index (χ3n) is 26.8. The van der Waals surface area contributed by atoms with E-state index in [1.54, 1.807) is 18.3 Å². The molecule has 0 saturated carbocycles. The van der Waals surface area contributed by atoms with Crippen LogP contribution in [0.4, 0.5) is 28.4 Å². The van der Waals surface area contributed by atoms with E-state index in [2.05, 4.69) is 280 Å². The molecule has 126 heavy (non-hydrogen) atoms. The van der Waals surface area contributed by atoms with Gasteiger partial charge in [-0.25, -0.2) is 14.4 Å². The molecule has 3 atom stereocenters. The minimum absolute atomic E-state index is 0.300. The fourth-order valence-corrected chi connectivity index (χ4v) is 20.9. The van der Waals surface area contributed by atoms with E-state index in [1.165, 1.54) is 72.3 Å². The van der Waals surface area contributed by atoms with Gasteiger partial charge in [0.05, 0.1) is 29.9 Å². The highest BCUT2D eigenvalue weighted by Gasteiger charge is 2.56. The van der Waals surface area contributed by atoms with E-state index in [4.69, 9.17) is 33.4 Å². The van der Waals surface area contributed by atoms with E-state index in [9.17, 15) is 14.4 Å². The molecule has 0 saturated heterocycles. The number of para-hydroxylation sites is 3. The smallest absolute Gasteiger partial charge is 0.341 e. The number of hydrogen-bond acceptors (Lipinski definition) is 14. The predicted octanol–water partition coefficient (Wildman–Crippen LogP) is 23.7. The molecule has 3 aromatic heterocycles. The number of ether oxygens (including phenoxy) is 6. The Kier molecular flexibility index (Phi) is 22.8. The Morgan fingerprint density at radius 1 is 0.452 bits per heavy atom. The van der Waals surface area contributed by atoms with E-state index >= 15 is 0 Å². The third-order valence-corrected chi connectivity index (χ3v) is 26.8. The van der Waals surface area contributed by atoms with Crippen LogP contribution in [0.1, 0.15) is 202 Å². The number of carbonyl (C=O) groups is 3. The minimum Gasteiger partial charge on any atom is -0.493 e. The van der Waals surface area contributed by atoms with Crippen molar-refractivity contribution in [3.05, 3.63) is 373 Å². The topological polar surface area (TPSA) is 142 Å². The monoisotopic (exact) mass is 1670 g/mol. The number of nitrogens with zero attached hydrogens (tertiary/aromatic N) is 7. The summed E-state index contributed by atoms with van der Waals surface area (Å²) in [5, 5.41) is 2.38. The Bertz CT molecular complexity index is 6300. The summed E-state index contributed by atoms with van der Waals surface area (Å²) in [7, 11) is 0. The van der Waals surface area contributed by atoms with Gasteiger partial charge in [-0.3, -0.25) is 4.98 Å². The van der Waals surface area contributed by atoms with Crippen LogP contribution in [0.2, 0.25) is 0 Å². The molecular formula is C110H109N7O9. The van der Waals surface area contributed by atoms with Gasteiger partial charge < -0.3 is 57.2 Å². The molecule has 1 aliphatic carbocycles. The van der Waals surface area contributed by atoms with Crippen molar-refractivity contribution < 1.29 is 42.8 Å². The van der Waals surface area contributed by atoms with Crippen LogP contribution in [0, 0.1) is 13.8 Å². The molecule has 0 fully saturated rings. The molecule has 638 valence electrons. The van der Waals surface area contributed by atoms with Crippen LogP contribution in [0.3, 0.4) is 0 Å². The summed E-state index contributed by atoms with van der Waals surface area (Å²) < 4.78 is 43.5. The highest BCUT2D eigenvalue weighted by atomic mass is 16.6. The number of fused-ring (bicyclic) bond motifs is 12. The van der Waals surface area contributed by atoms with Gasteiger partial charge in [-0.05, 0) is 233 Å². The fraction of sp³-hybridized carbons (Fsp3) is 0.273. The molecule has 0 radical (unpaired) electrons. The third kappa shape index (κ3) is 13.8. The zero-order valence-electron chi connectivity index (χ0n) is 74.2. The van der Waals surface area contributed by atoms with Crippen LogP contribution < -0.4 is 33.8 Å². The lowest BCUT2D eigenvalue weighted by atomic mass is 9.77. The lowest BCUT2D eigenvalue weighted by Crippen LogP contribution is -2.33. The van der Waals surface area contributed by atoms with Gasteiger partial charge in [0.2, 0.25) is 5.60 Å². The Labute approximate surface area is 739 Å². The predicted molar refractivity (Wildman–Crippen MR) is 505 cm³/mol. The summed E-state index contributed by atoms with van der Waals surface area (Å²) in [6, 6.07) is 87.5. The second kappa shape index (κ2) is 34.5. The Morgan fingerprint density at radius 3 is 1.56 bits per heavy atom. The van der Waals surface area contributed by atoms with Gasteiger partial charge in [0, 0.05) is 201 Å². The van der Waals surface area contributed by atoms with Crippen molar-refractivity contribution in [2.45, 2.75) is 138 Å². The summed E-state index contributed by atoms with van der Waals surface area (Å²) in [4.78, 5) is 54.3. The number of rotatable bonds is 23. The Hall–Kier alpha value is -13.6. The maximum atomic E-state index is 13.8. The largest absolute Gasteiger partial charge is 0.493 e. The summed E-state index contributed by atoms with van der Waals surface area (Å²) in [6.07, 6.45) is 7.13. The number of carbonyl (C=O) groups excluding carboxylic acids is 3. The lowest BCUT2D eigenvalue weighted by molar-refractivity contribution is 0.0216. The second-order valence-electron chi connectivity index (χ2n) is 32.9. The molecule has 1 spiro atoms. The SMILES string of the molecule is CCN(CC)c1ccc(C2(C=C(c3c(C)n(CC)c4ccccc34)c3c(C)n(CC)c4ccccc34)OC(=O)c3ccccc32)cc1.CCOc1cc(N(CC)CC)ccc1C1(c2ccc(N(CC)CC)cc2OCC)OC(=O)c2cccnc21.O=C1OC2(c3ccc(C4CCc5ccccc54)cc3Oc3cc(N4CCc5ccccc54)ccc32)c2ccccc21. The van der Waals surface area contributed by atoms with Gasteiger partial charge in [0.1, 0.15) is 28.7 Å². The molecule has 0 amide bonds. The van der Waals surface area contributed by atoms with Gasteiger partial charge in [-0.15, -0.1) is 0 Å². The minimum atomic E-state index is -1.33. The van der Waals surface area contributed by atoms with Crippen molar-refractivity contribution in [1.82, 2.24) is 14.1 Å². The summed E-state index contributed by atoms with van der Waals surface area (Å²) in [5.74, 6) is 2.09. The van der Waals surface area contributed by atoms with Gasteiger partial charge in [-0.1, -0.05) is 140 Å².